The number of anilines is 1. The van der Waals surface area contributed by atoms with Crippen LogP contribution in [0.5, 0.6) is 0 Å². The Labute approximate surface area is 181 Å². The number of nitrogens with zero attached hydrogens (tertiary/aromatic N) is 4. The van der Waals surface area contributed by atoms with E-state index in [-0.39, 0.29) is 11.1 Å². The maximum atomic E-state index is 14.6. The second-order valence-corrected chi connectivity index (χ2v) is 7.53. The molecule has 0 fully saturated rings. The summed E-state index contributed by atoms with van der Waals surface area (Å²) < 4.78 is 42.3. The topological polar surface area (TPSA) is 72.7 Å². The van der Waals surface area contributed by atoms with Crippen LogP contribution in [0.3, 0.4) is 0 Å². The normalized spacial score (nSPS) is 12.3. The third-order valence-corrected chi connectivity index (χ3v) is 5.34. The van der Waals surface area contributed by atoms with Crippen LogP contribution in [0.1, 0.15) is 36.2 Å². The number of alkyl halides is 2. The van der Waals surface area contributed by atoms with Crippen LogP contribution in [0.15, 0.2) is 53.6 Å². The lowest BCUT2D eigenvalue weighted by atomic mass is 10.0. The van der Waals surface area contributed by atoms with E-state index >= 15 is 0 Å². The van der Waals surface area contributed by atoms with E-state index in [1.165, 1.54) is 22.8 Å². The van der Waals surface area contributed by atoms with Gasteiger partial charge in [0.05, 0.1) is 23.0 Å². The van der Waals surface area contributed by atoms with Gasteiger partial charge in [0.15, 0.2) is 5.82 Å². The average molecular weight is 439 g/mol. The molecule has 0 unspecified atom stereocenters. The number of halogens is 3. The van der Waals surface area contributed by atoms with Crippen molar-refractivity contribution in [3.05, 3.63) is 81.8 Å². The van der Waals surface area contributed by atoms with Crippen molar-refractivity contribution in [3.8, 4) is 11.3 Å². The van der Waals surface area contributed by atoms with Gasteiger partial charge in [-0.15, -0.1) is 5.10 Å². The van der Waals surface area contributed by atoms with E-state index in [1.54, 1.807) is 45.4 Å². The van der Waals surface area contributed by atoms with Crippen molar-refractivity contribution in [2.75, 3.05) is 5.32 Å². The zero-order chi connectivity index (χ0) is 23.0. The average Bonchev–Trinajstić information content (AvgIpc) is 2.77. The zero-order valence-electron chi connectivity index (χ0n) is 17.6. The lowest BCUT2D eigenvalue weighted by Gasteiger charge is -2.18. The fourth-order valence-electron chi connectivity index (χ4n) is 3.54. The first kappa shape index (κ1) is 21.5. The van der Waals surface area contributed by atoms with Gasteiger partial charge in [0.25, 0.3) is 6.43 Å². The lowest BCUT2D eigenvalue weighted by molar-refractivity contribution is 0.146. The highest BCUT2D eigenvalue weighted by molar-refractivity contribution is 5.94. The lowest BCUT2D eigenvalue weighted by Crippen LogP contribution is -2.14. The number of aromatic nitrogens is 4. The quantitative estimate of drug-likeness (QED) is 0.476. The van der Waals surface area contributed by atoms with E-state index in [0.717, 1.165) is 17.0 Å². The number of rotatable bonds is 5. The van der Waals surface area contributed by atoms with Crippen LogP contribution in [-0.2, 0) is 7.05 Å². The van der Waals surface area contributed by atoms with Crippen LogP contribution in [0.2, 0.25) is 0 Å². The first-order chi connectivity index (χ1) is 15.3. The van der Waals surface area contributed by atoms with Gasteiger partial charge >= 0.3 is 0 Å². The molecule has 0 bridgehead atoms. The van der Waals surface area contributed by atoms with E-state index in [1.807, 2.05) is 0 Å². The predicted molar refractivity (Wildman–Crippen MR) is 116 cm³/mol. The van der Waals surface area contributed by atoms with Crippen LogP contribution in [-0.4, -0.2) is 19.7 Å². The van der Waals surface area contributed by atoms with Crippen LogP contribution in [0, 0.1) is 12.7 Å². The summed E-state index contributed by atoms with van der Waals surface area (Å²) in [7, 11) is 1.65. The molecule has 9 heteroatoms. The first-order valence-electron chi connectivity index (χ1n) is 9.89. The largest absolute Gasteiger partial charge is 0.361 e. The number of benzene rings is 1. The van der Waals surface area contributed by atoms with Crippen LogP contribution in [0.25, 0.3) is 22.0 Å². The third-order valence-electron chi connectivity index (χ3n) is 5.34. The molecule has 0 aliphatic carbocycles. The molecule has 32 heavy (non-hydrogen) atoms. The monoisotopic (exact) mass is 439 g/mol. The van der Waals surface area contributed by atoms with E-state index < -0.39 is 23.8 Å². The SMILES string of the molecule is Cc1nnc(N[C@H](C)c2cccc(C(F)F)c2F)c2cc(-c3ccc(=O)n(C)c3)ncc12. The Morgan fingerprint density at radius 2 is 1.81 bits per heavy atom. The smallest absolute Gasteiger partial charge is 0.266 e. The highest BCUT2D eigenvalue weighted by Gasteiger charge is 2.20. The molecule has 0 saturated heterocycles. The molecule has 3 heterocycles. The van der Waals surface area contributed by atoms with E-state index in [0.29, 0.717) is 22.6 Å². The summed E-state index contributed by atoms with van der Waals surface area (Å²) in [4.78, 5) is 16.2. The van der Waals surface area contributed by atoms with Crippen LogP contribution >= 0.6 is 0 Å². The van der Waals surface area contributed by atoms with Gasteiger partial charge in [0, 0.05) is 47.4 Å². The molecule has 0 saturated carbocycles. The summed E-state index contributed by atoms with van der Waals surface area (Å²) in [5.74, 6) is -0.576. The summed E-state index contributed by atoms with van der Waals surface area (Å²) in [6, 6.07) is 8.22. The van der Waals surface area contributed by atoms with Crippen molar-refractivity contribution in [1.29, 1.82) is 0 Å². The second-order valence-electron chi connectivity index (χ2n) is 7.53. The molecule has 164 valence electrons. The minimum absolute atomic E-state index is 0.102. The summed E-state index contributed by atoms with van der Waals surface area (Å²) >= 11 is 0. The maximum absolute atomic E-state index is 14.6. The number of aryl methyl sites for hydroxylation is 2. The molecule has 6 nitrogen and oxygen atoms in total. The Morgan fingerprint density at radius 1 is 1.06 bits per heavy atom. The molecular weight excluding hydrogens is 419 g/mol. The Bertz CT molecular complexity index is 1370. The van der Waals surface area contributed by atoms with Gasteiger partial charge in [-0.2, -0.15) is 5.10 Å². The Balaban J connectivity index is 1.77. The molecule has 4 rings (SSSR count). The van der Waals surface area contributed by atoms with Crippen LogP contribution in [0.4, 0.5) is 19.0 Å². The van der Waals surface area contributed by atoms with Gasteiger partial charge in [-0.1, -0.05) is 18.2 Å². The highest BCUT2D eigenvalue weighted by Crippen LogP contribution is 2.31. The van der Waals surface area contributed by atoms with Gasteiger partial charge < -0.3 is 9.88 Å². The summed E-state index contributed by atoms with van der Waals surface area (Å²) in [5, 5.41) is 12.9. The molecule has 4 aromatic rings. The fraction of sp³-hybridized carbons (Fsp3) is 0.217. The Morgan fingerprint density at radius 3 is 2.53 bits per heavy atom. The van der Waals surface area contributed by atoms with Crippen LogP contribution < -0.4 is 10.9 Å². The number of nitrogens with one attached hydrogen (secondary N) is 1. The Kier molecular flexibility index (Phi) is 5.65. The number of fused-ring (bicyclic) bond motifs is 1. The molecule has 0 amide bonds. The van der Waals surface area contributed by atoms with Gasteiger partial charge in [-0.25, -0.2) is 13.2 Å². The van der Waals surface area contributed by atoms with Crippen molar-refractivity contribution in [3.63, 3.8) is 0 Å². The van der Waals surface area contributed by atoms with Crippen molar-refractivity contribution in [1.82, 2.24) is 19.7 Å². The van der Waals surface area contributed by atoms with Gasteiger partial charge in [0.1, 0.15) is 5.82 Å². The number of pyridine rings is 2. The van der Waals surface area contributed by atoms with Crippen molar-refractivity contribution in [2.24, 2.45) is 7.05 Å². The van der Waals surface area contributed by atoms with E-state index in [2.05, 4.69) is 20.5 Å². The van der Waals surface area contributed by atoms with E-state index in [4.69, 9.17) is 0 Å². The maximum Gasteiger partial charge on any atom is 0.266 e. The van der Waals surface area contributed by atoms with Gasteiger partial charge in [-0.05, 0) is 26.0 Å². The third kappa shape index (κ3) is 3.93. The van der Waals surface area contributed by atoms with Crippen molar-refractivity contribution in [2.45, 2.75) is 26.3 Å². The highest BCUT2D eigenvalue weighted by atomic mass is 19.3. The molecule has 0 aliphatic rings. The van der Waals surface area contributed by atoms with Crippen molar-refractivity contribution < 1.29 is 13.2 Å². The summed E-state index contributed by atoms with van der Waals surface area (Å²) in [5.41, 5.74) is 1.33. The molecule has 0 radical (unpaired) electrons. The van der Waals surface area contributed by atoms with E-state index in [9.17, 15) is 18.0 Å². The molecule has 1 aromatic carbocycles. The predicted octanol–water partition coefficient (Wildman–Crippen LogP) is 4.95. The number of hydrogen-bond donors (Lipinski definition) is 1. The minimum Gasteiger partial charge on any atom is -0.361 e. The number of hydrogen-bond acceptors (Lipinski definition) is 5. The molecule has 0 spiro atoms. The molecule has 1 atom stereocenters. The molecule has 3 aromatic heterocycles. The Hall–Kier alpha value is -3.75. The first-order valence-corrected chi connectivity index (χ1v) is 9.89. The molecule has 1 N–H and O–H groups in total. The summed E-state index contributed by atoms with van der Waals surface area (Å²) in [6.07, 6.45) is 0.435. The second kappa shape index (κ2) is 8.41. The molecule has 0 aliphatic heterocycles. The molecular formula is C23H20F3N5O. The minimum atomic E-state index is -2.90. The van der Waals surface area contributed by atoms with Gasteiger partial charge in [0.2, 0.25) is 5.56 Å². The summed E-state index contributed by atoms with van der Waals surface area (Å²) in [6.45, 7) is 3.46. The van der Waals surface area contributed by atoms with Gasteiger partial charge in [-0.3, -0.25) is 9.78 Å². The zero-order valence-corrected chi connectivity index (χ0v) is 17.6. The fourth-order valence-corrected chi connectivity index (χ4v) is 3.54. The standard InChI is InChI=1S/C23H20F3N5O/c1-12(15-5-4-6-16(21(15)24)22(25)26)28-23-17-9-19(14-7-8-20(32)31(3)11-14)27-10-18(17)13(2)29-30-23/h4-12,22H,1-3H3,(H,28,30)/t12-/m1/s1. The van der Waals surface area contributed by atoms with Crippen molar-refractivity contribution >= 4 is 16.6 Å².